The number of imide groups is 1. The van der Waals surface area contributed by atoms with Crippen LogP contribution in [0.15, 0.2) is 29.3 Å². The van der Waals surface area contributed by atoms with Gasteiger partial charge in [-0.2, -0.15) is 0 Å². The summed E-state index contributed by atoms with van der Waals surface area (Å²) in [6.07, 6.45) is 1.95. The molecule has 1 saturated heterocycles. The van der Waals surface area contributed by atoms with Gasteiger partial charge >= 0.3 is 6.03 Å². The molecule has 8 nitrogen and oxygen atoms in total. The molecule has 4 rings (SSSR count). The standard InChI is InChI=1S/C20H25N5O3S/c1-13(18(26)24-20(27)21-14-6-7-14)29-19-15-4-2-3-5-16(15)22-17(23-19)12-25-8-10-28-11-9-25/h2-5,13-14H,6-12H2,1H3,(H2,21,24,26,27). The van der Waals surface area contributed by atoms with E-state index in [0.717, 1.165) is 60.9 Å². The van der Waals surface area contributed by atoms with Gasteiger partial charge in [0.25, 0.3) is 0 Å². The lowest BCUT2D eigenvalue weighted by Crippen LogP contribution is -2.43. The smallest absolute Gasteiger partial charge is 0.321 e. The number of thioether (sulfide) groups is 1. The van der Waals surface area contributed by atoms with Crippen molar-refractivity contribution in [3.05, 3.63) is 30.1 Å². The van der Waals surface area contributed by atoms with Crippen LogP contribution in [0.2, 0.25) is 0 Å². The van der Waals surface area contributed by atoms with Crippen molar-refractivity contribution in [2.24, 2.45) is 0 Å². The number of aromatic nitrogens is 2. The highest BCUT2D eigenvalue weighted by Crippen LogP contribution is 2.29. The summed E-state index contributed by atoms with van der Waals surface area (Å²) in [4.78, 5) is 36.0. The number of amides is 3. The molecular formula is C20H25N5O3S. The Labute approximate surface area is 173 Å². The molecule has 29 heavy (non-hydrogen) atoms. The van der Waals surface area contributed by atoms with Crippen molar-refractivity contribution >= 4 is 34.6 Å². The first-order valence-electron chi connectivity index (χ1n) is 9.92. The van der Waals surface area contributed by atoms with E-state index in [9.17, 15) is 9.59 Å². The van der Waals surface area contributed by atoms with Crippen LogP contribution >= 0.6 is 11.8 Å². The molecule has 3 amide bonds. The summed E-state index contributed by atoms with van der Waals surface area (Å²) in [6.45, 7) is 5.57. The zero-order valence-corrected chi connectivity index (χ0v) is 17.2. The number of hydrogen-bond acceptors (Lipinski definition) is 7. The van der Waals surface area contributed by atoms with Crippen LogP contribution in [0.4, 0.5) is 4.79 Å². The Kier molecular flexibility index (Phi) is 6.27. The third kappa shape index (κ3) is 5.43. The molecular weight excluding hydrogens is 390 g/mol. The Morgan fingerprint density at radius 2 is 2.00 bits per heavy atom. The molecule has 2 aromatic rings. The number of ether oxygens (including phenoxy) is 1. The third-order valence-corrected chi connectivity index (χ3v) is 5.99. The highest BCUT2D eigenvalue weighted by atomic mass is 32.2. The monoisotopic (exact) mass is 415 g/mol. The van der Waals surface area contributed by atoms with Gasteiger partial charge in [0.05, 0.1) is 30.5 Å². The number of urea groups is 1. The van der Waals surface area contributed by atoms with Crippen molar-refractivity contribution in [3.63, 3.8) is 0 Å². The number of para-hydroxylation sites is 1. The maximum absolute atomic E-state index is 12.4. The number of fused-ring (bicyclic) bond motifs is 1. The molecule has 1 aromatic carbocycles. The Bertz CT molecular complexity index is 899. The number of morpholine rings is 1. The van der Waals surface area contributed by atoms with E-state index in [1.54, 1.807) is 6.92 Å². The van der Waals surface area contributed by atoms with Crippen LogP contribution in [-0.4, -0.2) is 64.4 Å². The summed E-state index contributed by atoms with van der Waals surface area (Å²) in [5.41, 5.74) is 0.854. The van der Waals surface area contributed by atoms with E-state index < -0.39 is 11.3 Å². The van der Waals surface area contributed by atoms with Crippen molar-refractivity contribution in [1.29, 1.82) is 0 Å². The third-order valence-electron chi connectivity index (χ3n) is 4.89. The molecule has 9 heteroatoms. The van der Waals surface area contributed by atoms with Crippen LogP contribution in [0, 0.1) is 0 Å². The number of hydrogen-bond donors (Lipinski definition) is 2. The number of rotatable bonds is 6. The van der Waals surface area contributed by atoms with Crippen molar-refractivity contribution < 1.29 is 14.3 Å². The molecule has 154 valence electrons. The zero-order valence-electron chi connectivity index (χ0n) is 16.4. The lowest BCUT2D eigenvalue weighted by molar-refractivity contribution is -0.119. The summed E-state index contributed by atoms with van der Waals surface area (Å²) in [7, 11) is 0. The molecule has 0 radical (unpaired) electrons. The van der Waals surface area contributed by atoms with E-state index in [-0.39, 0.29) is 11.9 Å². The van der Waals surface area contributed by atoms with Gasteiger partial charge in [-0.25, -0.2) is 14.8 Å². The molecule has 0 bridgehead atoms. The topological polar surface area (TPSA) is 96.4 Å². The summed E-state index contributed by atoms with van der Waals surface area (Å²) in [5, 5.41) is 6.39. The minimum Gasteiger partial charge on any atom is -0.379 e. The van der Waals surface area contributed by atoms with Gasteiger partial charge in [0.15, 0.2) is 0 Å². The molecule has 1 saturated carbocycles. The first kappa shape index (κ1) is 20.1. The lowest BCUT2D eigenvalue weighted by Gasteiger charge is -2.26. The van der Waals surface area contributed by atoms with Gasteiger partial charge < -0.3 is 10.1 Å². The van der Waals surface area contributed by atoms with E-state index in [1.807, 2.05) is 24.3 Å². The second kappa shape index (κ2) is 9.06. The largest absolute Gasteiger partial charge is 0.379 e. The van der Waals surface area contributed by atoms with Gasteiger partial charge in [0.1, 0.15) is 10.9 Å². The molecule has 2 aliphatic rings. The van der Waals surface area contributed by atoms with Gasteiger partial charge in [-0.15, -0.1) is 0 Å². The molecule has 2 fully saturated rings. The minimum absolute atomic E-state index is 0.208. The summed E-state index contributed by atoms with van der Waals surface area (Å²) < 4.78 is 5.41. The van der Waals surface area contributed by atoms with Crippen LogP contribution in [-0.2, 0) is 16.1 Å². The first-order chi connectivity index (χ1) is 14.1. The Hall–Kier alpha value is -2.23. The van der Waals surface area contributed by atoms with Crippen LogP contribution in [0.1, 0.15) is 25.6 Å². The van der Waals surface area contributed by atoms with Gasteiger partial charge in [0.2, 0.25) is 5.91 Å². The summed E-state index contributed by atoms with van der Waals surface area (Å²) in [6, 6.07) is 7.58. The van der Waals surface area contributed by atoms with Gasteiger partial charge in [0, 0.05) is 24.5 Å². The highest BCUT2D eigenvalue weighted by molar-refractivity contribution is 8.00. The minimum atomic E-state index is -0.463. The predicted molar refractivity (Wildman–Crippen MR) is 111 cm³/mol. The second-order valence-electron chi connectivity index (χ2n) is 7.35. The molecule has 1 atom stereocenters. The van der Waals surface area contributed by atoms with E-state index in [1.165, 1.54) is 11.8 Å². The van der Waals surface area contributed by atoms with Gasteiger partial charge in [-0.05, 0) is 25.8 Å². The van der Waals surface area contributed by atoms with Gasteiger partial charge in [-0.3, -0.25) is 15.0 Å². The van der Waals surface area contributed by atoms with Crippen LogP contribution in [0.25, 0.3) is 10.9 Å². The lowest BCUT2D eigenvalue weighted by atomic mass is 10.2. The van der Waals surface area contributed by atoms with Crippen molar-refractivity contribution in [2.45, 2.75) is 42.6 Å². The molecule has 1 aliphatic heterocycles. The number of nitrogens with zero attached hydrogens (tertiary/aromatic N) is 3. The maximum atomic E-state index is 12.4. The Morgan fingerprint density at radius 3 is 2.76 bits per heavy atom. The molecule has 2 heterocycles. The number of benzene rings is 1. The molecule has 0 spiro atoms. The predicted octanol–water partition coefficient (Wildman–Crippen LogP) is 1.93. The normalized spacial score (nSPS) is 18.4. The van der Waals surface area contributed by atoms with Gasteiger partial charge in [-0.1, -0.05) is 30.0 Å². The first-order valence-corrected chi connectivity index (χ1v) is 10.8. The van der Waals surface area contributed by atoms with E-state index in [0.29, 0.717) is 6.54 Å². The fourth-order valence-corrected chi connectivity index (χ4v) is 4.06. The SMILES string of the molecule is CC(Sc1nc(CN2CCOCC2)nc2ccccc12)C(=O)NC(=O)NC1CC1. The van der Waals surface area contributed by atoms with E-state index in [4.69, 9.17) is 14.7 Å². The number of carbonyl (C=O) groups excluding carboxylic acids is 2. The number of carbonyl (C=O) groups is 2. The molecule has 1 aromatic heterocycles. The van der Waals surface area contributed by atoms with Crippen LogP contribution in [0.5, 0.6) is 0 Å². The van der Waals surface area contributed by atoms with Crippen molar-refractivity contribution in [1.82, 2.24) is 25.5 Å². The van der Waals surface area contributed by atoms with Crippen molar-refractivity contribution in [3.8, 4) is 0 Å². The van der Waals surface area contributed by atoms with Crippen LogP contribution in [0.3, 0.4) is 0 Å². The van der Waals surface area contributed by atoms with Crippen molar-refractivity contribution in [2.75, 3.05) is 26.3 Å². The second-order valence-corrected chi connectivity index (χ2v) is 8.68. The highest BCUT2D eigenvalue weighted by Gasteiger charge is 2.25. The molecule has 2 N–H and O–H groups in total. The van der Waals surface area contributed by atoms with E-state index in [2.05, 4.69) is 15.5 Å². The number of nitrogens with one attached hydrogen (secondary N) is 2. The summed E-state index contributed by atoms with van der Waals surface area (Å²) in [5.74, 6) is 0.401. The molecule has 1 aliphatic carbocycles. The average molecular weight is 416 g/mol. The average Bonchev–Trinajstić information content (AvgIpc) is 3.52. The fraction of sp³-hybridized carbons (Fsp3) is 0.500. The van der Waals surface area contributed by atoms with E-state index >= 15 is 0 Å². The van der Waals surface area contributed by atoms with Crippen LogP contribution < -0.4 is 10.6 Å². The Morgan fingerprint density at radius 1 is 1.24 bits per heavy atom. The summed E-state index contributed by atoms with van der Waals surface area (Å²) >= 11 is 1.35. The Balaban J connectivity index is 1.48. The zero-order chi connectivity index (χ0) is 20.2. The maximum Gasteiger partial charge on any atom is 0.321 e. The molecule has 1 unspecified atom stereocenters. The quantitative estimate of drug-likeness (QED) is 0.550. The fourth-order valence-electron chi connectivity index (χ4n) is 3.10.